The van der Waals surface area contributed by atoms with Gasteiger partial charge in [-0.3, -0.25) is 0 Å². The van der Waals surface area contributed by atoms with Crippen molar-refractivity contribution in [3.8, 4) is 11.5 Å². The van der Waals surface area contributed by atoms with Gasteiger partial charge in [0.05, 0.1) is 14.2 Å². The summed E-state index contributed by atoms with van der Waals surface area (Å²) in [6, 6.07) is 3.86. The van der Waals surface area contributed by atoms with E-state index in [1.807, 2.05) is 12.1 Å². The zero-order chi connectivity index (χ0) is 13.8. The second-order valence-electron chi connectivity index (χ2n) is 4.70. The maximum Gasteiger partial charge on any atom is 0.161 e. The number of nitrogens with two attached hydrogens (primary N) is 1. The van der Waals surface area contributed by atoms with Crippen LogP contribution >= 0.6 is 15.9 Å². The van der Waals surface area contributed by atoms with Gasteiger partial charge in [0, 0.05) is 23.7 Å². The van der Waals surface area contributed by atoms with Crippen LogP contribution in [0, 0.1) is 5.92 Å². The lowest BCUT2D eigenvalue weighted by atomic mass is 9.87. The van der Waals surface area contributed by atoms with E-state index in [2.05, 4.69) is 15.9 Å². The first-order valence-corrected chi connectivity index (χ1v) is 7.21. The molecule has 0 unspecified atom stereocenters. The van der Waals surface area contributed by atoms with Gasteiger partial charge in [-0.2, -0.15) is 0 Å². The molecule has 1 aliphatic rings. The summed E-state index contributed by atoms with van der Waals surface area (Å²) in [6.07, 6.45) is 2.00. The Morgan fingerprint density at radius 3 is 2.37 bits per heavy atom. The lowest BCUT2D eigenvalue weighted by molar-refractivity contribution is 0.0583. The molecular weight excluding hydrogens is 310 g/mol. The molecule has 19 heavy (non-hydrogen) atoms. The Kier molecular flexibility index (Phi) is 5.07. The van der Waals surface area contributed by atoms with E-state index in [0.29, 0.717) is 17.4 Å². The molecule has 1 heterocycles. The molecule has 0 aromatic heterocycles. The monoisotopic (exact) mass is 329 g/mol. The fraction of sp³-hybridized carbons (Fsp3) is 0.571. The Morgan fingerprint density at radius 1 is 1.21 bits per heavy atom. The van der Waals surface area contributed by atoms with Gasteiger partial charge in [0.2, 0.25) is 0 Å². The normalized spacial score (nSPS) is 18.1. The molecule has 4 nitrogen and oxygen atoms in total. The molecule has 0 aliphatic carbocycles. The van der Waals surface area contributed by atoms with Gasteiger partial charge in [-0.05, 0) is 36.5 Å². The predicted molar refractivity (Wildman–Crippen MR) is 77.7 cm³/mol. The largest absolute Gasteiger partial charge is 0.493 e. The van der Waals surface area contributed by atoms with E-state index in [4.69, 9.17) is 19.9 Å². The topological polar surface area (TPSA) is 53.7 Å². The molecule has 106 valence electrons. The summed E-state index contributed by atoms with van der Waals surface area (Å²) in [5.74, 6) is 1.86. The average Bonchev–Trinajstić information content (AvgIpc) is 2.47. The minimum Gasteiger partial charge on any atom is -0.493 e. The molecule has 1 aromatic carbocycles. The lowest BCUT2D eigenvalue weighted by Gasteiger charge is -2.28. The van der Waals surface area contributed by atoms with Crippen LogP contribution in [0.3, 0.4) is 0 Å². The molecule has 2 rings (SSSR count). The van der Waals surface area contributed by atoms with Crippen LogP contribution in [-0.4, -0.2) is 27.4 Å². The average molecular weight is 330 g/mol. The number of methoxy groups -OCH3 is 2. The SMILES string of the molecule is COc1cc(Br)c([C@@H](N)C2CCOCC2)cc1OC. The van der Waals surface area contributed by atoms with Crippen molar-refractivity contribution in [3.63, 3.8) is 0 Å². The van der Waals surface area contributed by atoms with Crippen molar-refractivity contribution in [1.82, 2.24) is 0 Å². The third-order valence-electron chi connectivity index (χ3n) is 3.64. The van der Waals surface area contributed by atoms with Crippen molar-refractivity contribution in [2.45, 2.75) is 18.9 Å². The van der Waals surface area contributed by atoms with E-state index in [1.54, 1.807) is 14.2 Å². The van der Waals surface area contributed by atoms with Gasteiger partial charge in [-0.1, -0.05) is 15.9 Å². The summed E-state index contributed by atoms with van der Waals surface area (Å²) in [5, 5.41) is 0. The number of benzene rings is 1. The highest BCUT2D eigenvalue weighted by atomic mass is 79.9. The molecule has 0 amide bonds. The van der Waals surface area contributed by atoms with Crippen LogP contribution in [0.1, 0.15) is 24.4 Å². The molecular formula is C14H20BrNO3. The van der Waals surface area contributed by atoms with Crippen LogP contribution in [0.5, 0.6) is 11.5 Å². The molecule has 1 aliphatic heterocycles. The summed E-state index contributed by atoms with van der Waals surface area (Å²) in [7, 11) is 3.26. The van der Waals surface area contributed by atoms with Crippen LogP contribution in [0.25, 0.3) is 0 Å². The van der Waals surface area contributed by atoms with Crippen LogP contribution < -0.4 is 15.2 Å². The molecule has 1 atom stereocenters. The molecule has 0 radical (unpaired) electrons. The molecule has 0 spiro atoms. The molecule has 1 saturated heterocycles. The fourth-order valence-electron chi connectivity index (χ4n) is 2.45. The van der Waals surface area contributed by atoms with Gasteiger partial charge < -0.3 is 19.9 Å². The first-order chi connectivity index (χ1) is 9.17. The Balaban J connectivity index is 2.27. The second kappa shape index (κ2) is 6.59. The Hall–Kier alpha value is -0.780. The minimum atomic E-state index is -0.0157. The highest BCUT2D eigenvalue weighted by molar-refractivity contribution is 9.10. The van der Waals surface area contributed by atoms with Crippen LogP contribution in [0.4, 0.5) is 0 Å². The van der Waals surface area contributed by atoms with Crippen LogP contribution in [0.2, 0.25) is 0 Å². The van der Waals surface area contributed by atoms with E-state index in [-0.39, 0.29) is 6.04 Å². The van der Waals surface area contributed by atoms with E-state index >= 15 is 0 Å². The molecule has 2 N–H and O–H groups in total. The van der Waals surface area contributed by atoms with Crippen molar-refractivity contribution >= 4 is 15.9 Å². The number of ether oxygens (including phenoxy) is 3. The zero-order valence-electron chi connectivity index (χ0n) is 11.3. The maximum absolute atomic E-state index is 6.40. The Bertz CT molecular complexity index is 433. The number of halogens is 1. The summed E-state index contributed by atoms with van der Waals surface area (Å²) >= 11 is 3.57. The standard InChI is InChI=1S/C14H20BrNO3/c1-17-12-7-10(11(15)8-13(12)18-2)14(16)9-3-5-19-6-4-9/h7-9,14H,3-6,16H2,1-2H3/t14-/m0/s1. The number of rotatable bonds is 4. The third-order valence-corrected chi connectivity index (χ3v) is 4.32. The van der Waals surface area contributed by atoms with Gasteiger partial charge >= 0.3 is 0 Å². The summed E-state index contributed by atoms with van der Waals surface area (Å²) in [4.78, 5) is 0. The minimum absolute atomic E-state index is 0.0157. The number of hydrogen-bond acceptors (Lipinski definition) is 4. The van der Waals surface area contributed by atoms with E-state index in [1.165, 1.54) is 0 Å². The quantitative estimate of drug-likeness (QED) is 0.922. The van der Waals surface area contributed by atoms with Crippen LogP contribution in [-0.2, 0) is 4.74 Å². The van der Waals surface area contributed by atoms with E-state index in [9.17, 15) is 0 Å². The zero-order valence-corrected chi connectivity index (χ0v) is 12.9. The van der Waals surface area contributed by atoms with Gasteiger partial charge in [0.15, 0.2) is 11.5 Å². The summed E-state index contributed by atoms with van der Waals surface area (Å²) < 4.78 is 17.0. The maximum atomic E-state index is 6.40. The molecule has 0 bridgehead atoms. The first-order valence-electron chi connectivity index (χ1n) is 6.42. The van der Waals surface area contributed by atoms with Gasteiger partial charge in [-0.25, -0.2) is 0 Å². The van der Waals surface area contributed by atoms with Gasteiger partial charge in [0.1, 0.15) is 0 Å². The Morgan fingerprint density at radius 2 is 1.79 bits per heavy atom. The predicted octanol–water partition coefficient (Wildman–Crippen LogP) is 2.89. The molecule has 1 fully saturated rings. The third kappa shape index (κ3) is 3.22. The van der Waals surface area contributed by atoms with Crippen molar-refractivity contribution < 1.29 is 14.2 Å². The smallest absolute Gasteiger partial charge is 0.161 e. The van der Waals surface area contributed by atoms with E-state index in [0.717, 1.165) is 36.1 Å². The number of hydrogen-bond donors (Lipinski definition) is 1. The van der Waals surface area contributed by atoms with Crippen molar-refractivity contribution in [1.29, 1.82) is 0 Å². The highest BCUT2D eigenvalue weighted by Gasteiger charge is 2.25. The van der Waals surface area contributed by atoms with Crippen LogP contribution in [0.15, 0.2) is 16.6 Å². The second-order valence-corrected chi connectivity index (χ2v) is 5.56. The van der Waals surface area contributed by atoms with Crippen molar-refractivity contribution in [2.75, 3.05) is 27.4 Å². The van der Waals surface area contributed by atoms with Gasteiger partial charge in [-0.15, -0.1) is 0 Å². The Labute approximate surface area is 122 Å². The fourth-order valence-corrected chi connectivity index (χ4v) is 3.04. The lowest BCUT2D eigenvalue weighted by Crippen LogP contribution is -2.27. The first kappa shape index (κ1) is 14.6. The molecule has 1 aromatic rings. The van der Waals surface area contributed by atoms with Crippen molar-refractivity contribution in [3.05, 3.63) is 22.2 Å². The summed E-state index contributed by atoms with van der Waals surface area (Å²) in [5.41, 5.74) is 7.46. The molecule has 5 heteroatoms. The molecule has 0 saturated carbocycles. The highest BCUT2D eigenvalue weighted by Crippen LogP contribution is 2.39. The van der Waals surface area contributed by atoms with Crippen molar-refractivity contribution in [2.24, 2.45) is 11.7 Å². The summed E-state index contributed by atoms with van der Waals surface area (Å²) in [6.45, 7) is 1.59. The van der Waals surface area contributed by atoms with E-state index < -0.39 is 0 Å². The van der Waals surface area contributed by atoms with Gasteiger partial charge in [0.25, 0.3) is 0 Å².